The zero-order chi connectivity index (χ0) is 8.59. The average molecular weight is 147 g/mol. The number of hydrogen-bond donors (Lipinski definition) is 0. The maximum atomic E-state index is 4.33. The quantitative estimate of drug-likeness (QED) is 0.529. The topological polar surface area (TPSA) is 12.9 Å². The van der Waals surface area contributed by atoms with Crippen LogP contribution in [0.5, 0.6) is 0 Å². The first-order valence-corrected chi connectivity index (χ1v) is 3.65. The van der Waals surface area contributed by atoms with E-state index in [-0.39, 0.29) is 0 Å². The van der Waals surface area contributed by atoms with Gasteiger partial charge in [0.2, 0.25) is 0 Å². The SMILES string of the molecule is C=c1c(C)nc(C)c(C)c1=C. The number of rotatable bonds is 0. The Bertz CT molecular complexity index is 377. The number of aryl methyl sites for hydroxylation is 2. The molecule has 0 aliphatic carbocycles. The third-order valence-corrected chi connectivity index (χ3v) is 2.13. The molecule has 58 valence electrons. The molecule has 0 N–H and O–H groups in total. The van der Waals surface area contributed by atoms with Crippen molar-refractivity contribution in [2.24, 2.45) is 0 Å². The van der Waals surface area contributed by atoms with E-state index in [0.29, 0.717) is 0 Å². The molecule has 0 amide bonds. The van der Waals surface area contributed by atoms with Gasteiger partial charge in [-0.1, -0.05) is 13.2 Å². The van der Waals surface area contributed by atoms with Crippen LogP contribution in [0.1, 0.15) is 17.0 Å². The van der Waals surface area contributed by atoms with Gasteiger partial charge in [0, 0.05) is 11.4 Å². The van der Waals surface area contributed by atoms with E-state index in [9.17, 15) is 0 Å². The molecular weight excluding hydrogens is 134 g/mol. The highest BCUT2D eigenvalue weighted by Crippen LogP contribution is 1.93. The van der Waals surface area contributed by atoms with Crippen LogP contribution in [0.25, 0.3) is 13.2 Å². The Kier molecular flexibility index (Phi) is 1.81. The van der Waals surface area contributed by atoms with Gasteiger partial charge in [0.25, 0.3) is 0 Å². The zero-order valence-electron chi connectivity index (χ0n) is 7.36. The molecule has 0 saturated heterocycles. The first-order chi connectivity index (χ1) is 5.04. The molecule has 0 unspecified atom stereocenters. The molecule has 1 nitrogen and oxygen atoms in total. The minimum absolute atomic E-state index is 0.966. The molecule has 0 atom stereocenters. The van der Waals surface area contributed by atoms with Gasteiger partial charge in [-0.15, -0.1) is 0 Å². The van der Waals surface area contributed by atoms with Crippen LogP contribution in [-0.4, -0.2) is 4.98 Å². The summed E-state index contributed by atoms with van der Waals surface area (Å²) in [4.78, 5) is 4.33. The fourth-order valence-electron chi connectivity index (χ4n) is 1.07. The smallest absolute Gasteiger partial charge is 0.0448 e. The second kappa shape index (κ2) is 2.50. The standard InChI is InChI=1S/C10H13N/c1-6-7(2)9(4)11-10(5)8(6)3/h1-2H2,3-5H3. The van der Waals surface area contributed by atoms with E-state index in [0.717, 1.165) is 27.4 Å². The maximum Gasteiger partial charge on any atom is 0.0448 e. The van der Waals surface area contributed by atoms with Crippen LogP contribution in [0, 0.1) is 20.8 Å². The molecule has 1 heteroatoms. The lowest BCUT2D eigenvalue weighted by molar-refractivity contribution is 1.06. The maximum absolute atomic E-state index is 4.33. The summed E-state index contributed by atoms with van der Waals surface area (Å²) < 4.78 is 0. The number of nitrogens with zero attached hydrogens (tertiary/aromatic N) is 1. The second-order valence-electron chi connectivity index (χ2n) is 2.86. The van der Waals surface area contributed by atoms with Gasteiger partial charge in [-0.05, 0) is 36.8 Å². The molecule has 0 aliphatic heterocycles. The first kappa shape index (κ1) is 7.99. The van der Waals surface area contributed by atoms with Crippen molar-refractivity contribution in [2.45, 2.75) is 20.8 Å². The van der Waals surface area contributed by atoms with Crippen molar-refractivity contribution in [3.63, 3.8) is 0 Å². The molecule has 1 heterocycles. The Balaban J connectivity index is 3.74. The van der Waals surface area contributed by atoms with Crippen molar-refractivity contribution in [3.8, 4) is 0 Å². The van der Waals surface area contributed by atoms with Crippen molar-refractivity contribution in [2.75, 3.05) is 0 Å². The first-order valence-electron chi connectivity index (χ1n) is 3.65. The van der Waals surface area contributed by atoms with Crippen LogP contribution < -0.4 is 10.4 Å². The monoisotopic (exact) mass is 147 g/mol. The third kappa shape index (κ3) is 1.18. The summed E-state index contributed by atoms with van der Waals surface area (Å²) in [7, 11) is 0. The highest BCUT2D eigenvalue weighted by atomic mass is 14.7. The van der Waals surface area contributed by atoms with Gasteiger partial charge in [-0.2, -0.15) is 0 Å². The predicted octanol–water partition coefficient (Wildman–Crippen LogP) is 0.827. The number of hydrogen-bond acceptors (Lipinski definition) is 1. The lowest BCUT2D eigenvalue weighted by Gasteiger charge is -2.01. The molecule has 0 spiro atoms. The molecule has 1 rings (SSSR count). The Morgan fingerprint density at radius 3 is 2.00 bits per heavy atom. The fourth-order valence-corrected chi connectivity index (χ4v) is 1.07. The van der Waals surface area contributed by atoms with Gasteiger partial charge in [-0.3, -0.25) is 4.98 Å². The fraction of sp³-hybridized carbons (Fsp3) is 0.300. The predicted molar refractivity (Wildman–Crippen MR) is 48.7 cm³/mol. The van der Waals surface area contributed by atoms with E-state index in [1.54, 1.807) is 0 Å². The average Bonchev–Trinajstić information content (AvgIpc) is 1.97. The Morgan fingerprint density at radius 2 is 1.45 bits per heavy atom. The van der Waals surface area contributed by atoms with E-state index in [4.69, 9.17) is 0 Å². The highest BCUT2D eigenvalue weighted by molar-refractivity contribution is 5.28. The molecule has 0 radical (unpaired) electrons. The van der Waals surface area contributed by atoms with Crippen LogP contribution >= 0.6 is 0 Å². The molecule has 0 saturated carbocycles. The summed E-state index contributed by atoms with van der Waals surface area (Å²) in [6, 6.07) is 0. The van der Waals surface area contributed by atoms with Gasteiger partial charge in [0.1, 0.15) is 0 Å². The molecule has 0 bridgehead atoms. The normalized spacial score (nSPS) is 10.1. The third-order valence-electron chi connectivity index (χ3n) is 2.13. The Hall–Kier alpha value is -1.11. The van der Waals surface area contributed by atoms with E-state index < -0.39 is 0 Å². The molecular formula is C10H13N. The lowest BCUT2D eigenvalue weighted by Crippen LogP contribution is -2.29. The second-order valence-corrected chi connectivity index (χ2v) is 2.86. The molecule has 0 aliphatic rings. The van der Waals surface area contributed by atoms with E-state index in [2.05, 4.69) is 18.1 Å². The number of aromatic nitrogens is 1. The molecule has 11 heavy (non-hydrogen) atoms. The summed E-state index contributed by atoms with van der Waals surface area (Å²) in [6.07, 6.45) is 0. The minimum Gasteiger partial charge on any atom is -0.258 e. The van der Waals surface area contributed by atoms with Gasteiger partial charge in [-0.25, -0.2) is 0 Å². The van der Waals surface area contributed by atoms with Crippen molar-refractivity contribution in [3.05, 3.63) is 27.4 Å². The van der Waals surface area contributed by atoms with Crippen molar-refractivity contribution >= 4 is 13.2 Å². The molecule has 1 aromatic rings. The summed E-state index contributed by atoms with van der Waals surface area (Å²) in [5.74, 6) is 0. The van der Waals surface area contributed by atoms with Crippen LogP contribution in [-0.2, 0) is 0 Å². The van der Waals surface area contributed by atoms with Crippen molar-refractivity contribution in [1.82, 2.24) is 4.98 Å². The molecule has 0 fully saturated rings. The van der Waals surface area contributed by atoms with E-state index >= 15 is 0 Å². The summed E-state index contributed by atoms with van der Waals surface area (Å²) >= 11 is 0. The zero-order valence-corrected chi connectivity index (χ0v) is 7.36. The largest absolute Gasteiger partial charge is 0.258 e. The van der Waals surface area contributed by atoms with E-state index in [1.165, 1.54) is 0 Å². The summed E-state index contributed by atoms with van der Waals surface area (Å²) in [5, 5.41) is 1.99. The summed E-state index contributed by atoms with van der Waals surface area (Å²) in [5.41, 5.74) is 3.19. The van der Waals surface area contributed by atoms with Crippen LogP contribution in [0.15, 0.2) is 0 Å². The van der Waals surface area contributed by atoms with Crippen molar-refractivity contribution in [1.29, 1.82) is 0 Å². The van der Waals surface area contributed by atoms with Crippen LogP contribution in [0.2, 0.25) is 0 Å². The summed E-state index contributed by atoms with van der Waals surface area (Å²) in [6.45, 7) is 13.8. The molecule has 1 aromatic heterocycles. The minimum atomic E-state index is 0.966. The van der Waals surface area contributed by atoms with Crippen molar-refractivity contribution < 1.29 is 0 Å². The van der Waals surface area contributed by atoms with Gasteiger partial charge >= 0.3 is 0 Å². The number of pyridine rings is 1. The Labute approximate surface area is 67.1 Å². The van der Waals surface area contributed by atoms with E-state index in [1.807, 2.05) is 20.8 Å². The van der Waals surface area contributed by atoms with Crippen LogP contribution in [0.3, 0.4) is 0 Å². The lowest BCUT2D eigenvalue weighted by atomic mass is 10.1. The van der Waals surface area contributed by atoms with Gasteiger partial charge < -0.3 is 0 Å². The van der Waals surface area contributed by atoms with Gasteiger partial charge in [0.05, 0.1) is 0 Å². The highest BCUT2D eigenvalue weighted by Gasteiger charge is 1.97. The molecule has 0 aromatic carbocycles. The Morgan fingerprint density at radius 1 is 0.909 bits per heavy atom. The van der Waals surface area contributed by atoms with Crippen LogP contribution in [0.4, 0.5) is 0 Å². The van der Waals surface area contributed by atoms with Gasteiger partial charge in [0.15, 0.2) is 0 Å².